The number of rotatable bonds is 8. The average Bonchev–Trinajstić information content (AvgIpc) is 2.43. The van der Waals surface area contributed by atoms with E-state index in [0.717, 1.165) is 31.4 Å². The highest BCUT2D eigenvalue weighted by Gasteiger charge is 2.21. The molecule has 0 spiro atoms. The van der Waals surface area contributed by atoms with E-state index in [1.54, 1.807) is 6.92 Å². The number of anilines is 1. The van der Waals surface area contributed by atoms with Gasteiger partial charge in [-0.05, 0) is 25.5 Å². The fourth-order valence-electron chi connectivity index (χ4n) is 1.86. The molecule has 0 fully saturated rings. The second-order valence-electron chi connectivity index (χ2n) is 4.74. The van der Waals surface area contributed by atoms with Gasteiger partial charge in [0.05, 0.1) is 9.82 Å². The van der Waals surface area contributed by atoms with Crippen LogP contribution < -0.4 is 16.0 Å². The summed E-state index contributed by atoms with van der Waals surface area (Å²) in [4.78, 5) is 10.1. The lowest BCUT2D eigenvalue weighted by atomic mass is 10.2. The van der Waals surface area contributed by atoms with E-state index in [1.165, 1.54) is 6.07 Å². The van der Waals surface area contributed by atoms with Crippen molar-refractivity contribution < 1.29 is 13.3 Å². The van der Waals surface area contributed by atoms with E-state index in [-0.39, 0.29) is 22.3 Å². The standard InChI is InChI=1S/C12H20N4O4S/c1-3-4-5-9(2)15-21(19,20)10-6-7-12(16(17)18)11(8-10)14-13/h6-9,14-15H,3-5,13H2,1-2H3. The van der Waals surface area contributed by atoms with Gasteiger partial charge in [0.15, 0.2) is 0 Å². The van der Waals surface area contributed by atoms with Crippen molar-refractivity contribution in [1.82, 2.24) is 4.72 Å². The third kappa shape index (κ3) is 4.66. The van der Waals surface area contributed by atoms with Crippen LogP contribution in [0.2, 0.25) is 0 Å². The Morgan fingerprint density at radius 1 is 1.43 bits per heavy atom. The first-order valence-electron chi connectivity index (χ1n) is 6.59. The maximum absolute atomic E-state index is 12.2. The Balaban J connectivity index is 3.01. The summed E-state index contributed by atoms with van der Waals surface area (Å²) < 4.78 is 27.0. The number of hydrogen-bond acceptors (Lipinski definition) is 6. The molecule has 0 amide bonds. The largest absolute Gasteiger partial charge is 0.318 e. The Morgan fingerprint density at radius 3 is 2.62 bits per heavy atom. The lowest BCUT2D eigenvalue weighted by Gasteiger charge is -2.14. The van der Waals surface area contributed by atoms with Crippen LogP contribution in [0.1, 0.15) is 33.1 Å². The van der Waals surface area contributed by atoms with E-state index in [1.807, 2.05) is 6.92 Å². The highest BCUT2D eigenvalue weighted by atomic mass is 32.2. The van der Waals surface area contributed by atoms with Crippen molar-refractivity contribution >= 4 is 21.4 Å². The monoisotopic (exact) mass is 316 g/mol. The van der Waals surface area contributed by atoms with Crippen LogP contribution in [0, 0.1) is 10.1 Å². The number of hydrogen-bond donors (Lipinski definition) is 3. The van der Waals surface area contributed by atoms with Crippen molar-refractivity contribution in [3.8, 4) is 0 Å². The van der Waals surface area contributed by atoms with Gasteiger partial charge >= 0.3 is 0 Å². The highest BCUT2D eigenvalue weighted by molar-refractivity contribution is 7.89. The summed E-state index contributed by atoms with van der Waals surface area (Å²) in [7, 11) is -3.73. The number of nitrogens with zero attached hydrogens (tertiary/aromatic N) is 1. The molecule has 118 valence electrons. The molecule has 9 heteroatoms. The summed E-state index contributed by atoms with van der Waals surface area (Å²) in [5.74, 6) is 5.20. The van der Waals surface area contributed by atoms with Gasteiger partial charge in [0.25, 0.3) is 5.69 Å². The summed E-state index contributed by atoms with van der Waals surface area (Å²) in [6.07, 6.45) is 2.62. The van der Waals surface area contributed by atoms with E-state index in [0.29, 0.717) is 0 Å². The number of nitrogens with one attached hydrogen (secondary N) is 2. The lowest BCUT2D eigenvalue weighted by Crippen LogP contribution is -2.32. The van der Waals surface area contributed by atoms with Gasteiger partial charge in [-0.15, -0.1) is 0 Å². The highest BCUT2D eigenvalue weighted by Crippen LogP contribution is 2.26. The zero-order chi connectivity index (χ0) is 16.0. The molecule has 0 aliphatic heterocycles. The van der Waals surface area contributed by atoms with E-state index < -0.39 is 14.9 Å². The number of nitro groups is 1. The van der Waals surface area contributed by atoms with Crippen molar-refractivity contribution in [2.75, 3.05) is 5.43 Å². The number of hydrazine groups is 1. The molecule has 4 N–H and O–H groups in total. The van der Waals surface area contributed by atoms with E-state index in [4.69, 9.17) is 5.84 Å². The van der Waals surface area contributed by atoms with Crippen LogP contribution in [0.15, 0.2) is 23.1 Å². The van der Waals surface area contributed by atoms with Crippen molar-refractivity contribution in [3.05, 3.63) is 28.3 Å². The predicted molar refractivity (Wildman–Crippen MR) is 80.2 cm³/mol. The van der Waals surface area contributed by atoms with E-state index in [9.17, 15) is 18.5 Å². The van der Waals surface area contributed by atoms with Crippen molar-refractivity contribution in [2.45, 2.75) is 44.0 Å². The van der Waals surface area contributed by atoms with Crippen LogP contribution in [0.4, 0.5) is 11.4 Å². The second kappa shape index (κ2) is 7.34. The Morgan fingerprint density at radius 2 is 2.10 bits per heavy atom. The Kier molecular flexibility index (Phi) is 6.06. The number of nitrogens with two attached hydrogens (primary N) is 1. The van der Waals surface area contributed by atoms with Crippen LogP contribution >= 0.6 is 0 Å². The van der Waals surface area contributed by atoms with Gasteiger partial charge in [0.1, 0.15) is 5.69 Å². The van der Waals surface area contributed by atoms with Crippen LogP contribution in [-0.4, -0.2) is 19.4 Å². The molecule has 0 aromatic heterocycles. The fourth-order valence-corrected chi connectivity index (χ4v) is 3.16. The van der Waals surface area contributed by atoms with Gasteiger partial charge in [-0.2, -0.15) is 0 Å². The van der Waals surface area contributed by atoms with Gasteiger partial charge in [-0.1, -0.05) is 19.8 Å². The molecule has 0 saturated heterocycles. The third-order valence-corrected chi connectivity index (χ3v) is 4.56. The van der Waals surface area contributed by atoms with E-state index >= 15 is 0 Å². The quantitative estimate of drug-likeness (QED) is 0.381. The van der Waals surface area contributed by atoms with Crippen LogP contribution in [0.25, 0.3) is 0 Å². The zero-order valence-electron chi connectivity index (χ0n) is 12.0. The first-order valence-corrected chi connectivity index (χ1v) is 8.07. The molecule has 21 heavy (non-hydrogen) atoms. The molecule has 0 radical (unpaired) electrons. The number of unbranched alkanes of at least 4 members (excludes halogenated alkanes) is 1. The van der Waals surface area contributed by atoms with Gasteiger partial charge in [-0.25, -0.2) is 13.1 Å². The predicted octanol–water partition coefficient (Wildman–Crippen LogP) is 1.74. The lowest BCUT2D eigenvalue weighted by molar-refractivity contribution is -0.384. The van der Waals surface area contributed by atoms with Gasteiger partial charge in [0.2, 0.25) is 10.0 Å². The topological polar surface area (TPSA) is 127 Å². The molecule has 0 saturated carbocycles. The minimum absolute atomic E-state index is 0.0518. The van der Waals surface area contributed by atoms with Gasteiger partial charge in [0, 0.05) is 12.1 Å². The summed E-state index contributed by atoms with van der Waals surface area (Å²) in [6, 6.07) is 3.24. The number of nitro benzene ring substituents is 1. The van der Waals surface area contributed by atoms with Crippen LogP contribution in [0.3, 0.4) is 0 Å². The Labute approximate surface area is 123 Å². The minimum Gasteiger partial charge on any atom is -0.318 e. The van der Waals surface area contributed by atoms with Crippen molar-refractivity contribution in [2.24, 2.45) is 5.84 Å². The molecule has 1 aromatic carbocycles. The van der Waals surface area contributed by atoms with Crippen molar-refractivity contribution in [1.29, 1.82) is 0 Å². The summed E-state index contributed by atoms with van der Waals surface area (Å²) >= 11 is 0. The molecule has 0 aliphatic carbocycles. The molecule has 8 nitrogen and oxygen atoms in total. The van der Waals surface area contributed by atoms with Crippen LogP contribution in [0.5, 0.6) is 0 Å². The summed E-state index contributed by atoms with van der Waals surface area (Å²) in [5, 5.41) is 10.8. The van der Waals surface area contributed by atoms with Crippen LogP contribution in [-0.2, 0) is 10.0 Å². The minimum atomic E-state index is -3.73. The number of nitrogen functional groups attached to an aromatic ring is 1. The third-order valence-electron chi connectivity index (χ3n) is 2.98. The normalized spacial score (nSPS) is 12.9. The van der Waals surface area contributed by atoms with Crippen molar-refractivity contribution in [3.63, 3.8) is 0 Å². The second-order valence-corrected chi connectivity index (χ2v) is 6.46. The fraction of sp³-hybridized carbons (Fsp3) is 0.500. The first kappa shape index (κ1) is 17.3. The molecular formula is C12H20N4O4S. The molecule has 0 aliphatic rings. The maximum atomic E-state index is 12.2. The molecule has 1 atom stereocenters. The molecule has 1 unspecified atom stereocenters. The van der Waals surface area contributed by atoms with Gasteiger partial charge in [-0.3, -0.25) is 16.0 Å². The molecule has 0 heterocycles. The molecule has 0 bridgehead atoms. The smallest absolute Gasteiger partial charge is 0.293 e. The first-order chi connectivity index (χ1) is 9.81. The van der Waals surface area contributed by atoms with E-state index in [2.05, 4.69) is 10.1 Å². The average molecular weight is 316 g/mol. The number of sulfonamides is 1. The number of benzene rings is 1. The Hall–Kier alpha value is -1.71. The van der Waals surface area contributed by atoms with Gasteiger partial charge < -0.3 is 5.43 Å². The molecule has 1 aromatic rings. The zero-order valence-corrected chi connectivity index (χ0v) is 12.8. The summed E-state index contributed by atoms with van der Waals surface area (Å²) in [5.41, 5.74) is 1.81. The summed E-state index contributed by atoms with van der Waals surface area (Å²) in [6.45, 7) is 3.80. The maximum Gasteiger partial charge on any atom is 0.293 e. The molecule has 1 rings (SSSR count). The SMILES string of the molecule is CCCCC(C)NS(=O)(=O)c1ccc([N+](=O)[O-])c(NN)c1. The Bertz CT molecular complexity index is 603. The molecular weight excluding hydrogens is 296 g/mol.